The molecule has 5 nitrogen and oxygen atoms in total. The van der Waals surface area contributed by atoms with Crippen molar-refractivity contribution in [2.24, 2.45) is 0 Å². The number of carbonyl (C=O) groups excluding carboxylic acids is 1. The minimum Gasteiger partial charge on any atom is -0.491 e. The van der Waals surface area contributed by atoms with Crippen molar-refractivity contribution >= 4 is 17.7 Å². The number of rotatable bonds is 5. The molecule has 3 aromatic rings. The molecule has 2 aromatic carbocycles. The van der Waals surface area contributed by atoms with Gasteiger partial charge in [-0.25, -0.2) is 4.68 Å². The quantitative estimate of drug-likeness (QED) is 0.697. The molecular formula is C22H21N3O2. The molecule has 1 aliphatic rings. The monoisotopic (exact) mass is 359 g/mol. The van der Waals surface area contributed by atoms with Crippen LogP contribution < -0.4 is 10.5 Å². The van der Waals surface area contributed by atoms with E-state index in [1.165, 1.54) is 0 Å². The van der Waals surface area contributed by atoms with Crippen LogP contribution in [0.1, 0.15) is 35.3 Å². The van der Waals surface area contributed by atoms with E-state index in [2.05, 4.69) is 5.10 Å². The standard InChI is InChI=1S/C22H21N3O2/c1-14(2)27-19-9-7-18(8-10-19)25-22(23)20(13-24-25)21(26)17-11-15-5-3-4-6-16(15)12-17/h3-11,13-14H,12,23H2,1-2H3. The van der Waals surface area contributed by atoms with E-state index in [0.29, 0.717) is 17.8 Å². The van der Waals surface area contributed by atoms with E-state index >= 15 is 0 Å². The molecule has 4 rings (SSSR count). The summed E-state index contributed by atoms with van der Waals surface area (Å²) >= 11 is 0. The Hall–Kier alpha value is -3.34. The van der Waals surface area contributed by atoms with Gasteiger partial charge in [-0.3, -0.25) is 4.79 Å². The third-order valence-corrected chi connectivity index (χ3v) is 4.56. The maximum absolute atomic E-state index is 12.9. The SMILES string of the molecule is CC(C)Oc1ccc(-n2ncc(C(=O)C3=Cc4ccccc4C3)c2N)cc1. The van der Waals surface area contributed by atoms with E-state index in [1.807, 2.05) is 68.5 Å². The second-order valence-electron chi connectivity index (χ2n) is 6.89. The van der Waals surface area contributed by atoms with Crippen molar-refractivity contribution in [2.75, 3.05) is 5.73 Å². The Kier molecular flexibility index (Phi) is 4.28. The Balaban J connectivity index is 1.59. The number of ether oxygens (including phenoxy) is 1. The van der Waals surface area contributed by atoms with Crippen molar-refractivity contribution in [3.05, 3.63) is 77.0 Å². The first kappa shape index (κ1) is 17.1. The largest absolute Gasteiger partial charge is 0.491 e. The van der Waals surface area contributed by atoms with Crippen LogP contribution in [0, 0.1) is 0 Å². The zero-order chi connectivity index (χ0) is 19.0. The molecule has 0 aliphatic heterocycles. The van der Waals surface area contributed by atoms with E-state index in [-0.39, 0.29) is 11.9 Å². The minimum atomic E-state index is -0.0743. The fourth-order valence-corrected chi connectivity index (χ4v) is 3.28. The van der Waals surface area contributed by atoms with Crippen LogP contribution >= 0.6 is 0 Å². The smallest absolute Gasteiger partial charge is 0.194 e. The Morgan fingerprint density at radius 1 is 1.15 bits per heavy atom. The van der Waals surface area contributed by atoms with Crippen LogP contribution in [-0.4, -0.2) is 21.7 Å². The van der Waals surface area contributed by atoms with Crippen LogP contribution in [0.25, 0.3) is 11.8 Å². The molecule has 0 saturated heterocycles. The van der Waals surface area contributed by atoms with Crippen molar-refractivity contribution < 1.29 is 9.53 Å². The summed E-state index contributed by atoms with van der Waals surface area (Å²) in [6, 6.07) is 15.5. The molecule has 27 heavy (non-hydrogen) atoms. The topological polar surface area (TPSA) is 70.1 Å². The molecule has 0 spiro atoms. The van der Waals surface area contributed by atoms with Gasteiger partial charge in [-0.05, 0) is 55.3 Å². The molecule has 0 unspecified atom stereocenters. The summed E-state index contributed by atoms with van der Waals surface area (Å²) in [4.78, 5) is 12.9. The lowest BCUT2D eigenvalue weighted by Gasteiger charge is -2.10. The number of nitrogen functional groups attached to an aromatic ring is 1. The lowest BCUT2D eigenvalue weighted by Crippen LogP contribution is -2.08. The first-order valence-electron chi connectivity index (χ1n) is 8.96. The summed E-state index contributed by atoms with van der Waals surface area (Å²) in [5, 5.41) is 4.32. The average molecular weight is 359 g/mol. The van der Waals surface area contributed by atoms with E-state index < -0.39 is 0 Å². The number of Topliss-reactive ketones (excluding diaryl/α,β-unsaturated/α-hetero) is 1. The summed E-state index contributed by atoms with van der Waals surface area (Å²) < 4.78 is 7.23. The second kappa shape index (κ2) is 6.76. The summed E-state index contributed by atoms with van der Waals surface area (Å²) in [6.45, 7) is 3.96. The molecule has 0 atom stereocenters. The molecule has 0 fully saturated rings. The molecule has 1 aliphatic carbocycles. The molecule has 0 radical (unpaired) electrons. The van der Waals surface area contributed by atoms with Gasteiger partial charge >= 0.3 is 0 Å². The fourth-order valence-electron chi connectivity index (χ4n) is 3.28. The number of allylic oxidation sites excluding steroid dienone is 1. The van der Waals surface area contributed by atoms with Crippen LogP contribution in [0.15, 0.2) is 60.3 Å². The number of hydrogen-bond donors (Lipinski definition) is 1. The van der Waals surface area contributed by atoms with Crippen molar-refractivity contribution in [1.82, 2.24) is 9.78 Å². The Morgan fingerprint density at radius 2 is 1.89 bits per heavy atom. The van der Waals surface area contributed by atoms with Gasteiger partial charge in [0.15, 0.2) is 5.78 Å². The first-order chi connectivity index (χ1) is 13.0. The number of nitrogens with two attached hydrogens (primary N) is 1. The number of carbonyl (C=O) groups is 1. The van der Waals surface area contributed by atoms with E-state index in [4.69, 9.17) is 10.5 Å². The predicted molar refractivity (Wildman–Crippen MR) is 106 cm³/mol. The van der Waals surface area contributed by atoms with E-state index in [0.717, 1.165) is 28.1 Å². The Labute approximate surface area is 158 Å². The number of fused-ring (bicyclic) bond motifs is 1. The lowest BCUT2D eigenvalue weighted by molar-refractivity contribution is 0.103. The highest BCUT2D eigenvalue weighted by atomic mass is 16.5. The molecule has 1 aromatic heterocycles. The van der Waals surface area contributed by atoms with E-state index in [1.54, 1.807) is 10.9 Å². The van der Waals surface area contributed by atoms with Gasteiger partial charge in [0, 0.05) is 12.0 Å². The zero-order valence-corrected chi connectivity index (χ0v) is 15.3. The van der Waals surface area contributed by atoms with Gasteiger partial charge < -0.3 is 10.5 Å². The van der Waals surface area contributed by atoms with Crippen LogP contribution in [-0.2, 0) is 6.42 Å². The highest BCUT2D eigenvalue weighted by molar-refractivity contribution is 6.15. The third kappa shape index (κ3) is 3.24. The van der Waals surface area contributed by atoms with Crippen molar-refractivity contribution in [3.63, 3.8) is 0 Å². The number of benzene rings is 2. The first-order valence-corrected chi connectivity index (χ1v) is 8.96. The molecule has 0 saturated carbocycles. The number of nitrogens with zero attached hydrogens (tertiary/aromatic N) is 2. The van der Waals surface area contributed by atoms with Gasteiger partial charge in [-0.15, -0.1) is 0 Å². The lowest BCUT2D eigenvalue weighted by atomic mass is 10.0. The van der Waals surface area contributed by atoms with Crippen LogP contribution in [0.4, 0.5) is 5.82 Å². The fraction of sp³-hybridized carbons (Fsp3) is 0.182. The van der Waals surface area contributed by atoms with Gasteiger partial charge in [0.1, 0.15) is 11.6 Å². The summed E-state index contributed by atoms with van der Waals surface area (Å²) in [7, 11) is 0. The average Bonchev–Trinajstić information content (AvgIpc) is 3.25. The summed E-state index contributed by atoms with van der Waals surface area (Å²) in [5.41, 5.74) is 10.4. The molecular weight excluding hydrogens is 338 g/mol. The predicted octanol–water partition coefficient (Wildman–Crippen LogP) is 4.06. The van der Waals surface area contributed by atoms with Gasteiger partial charge in [0.25, 0.3) is 0 Å². The van der Waals surface area contributed by atoms with Crippen LogP contribution in [0.2, 0.25) is 0 Å². The normalized spacial score (nSPS) is 12.8. The van der Waals surface area contributed by atoms with Crippen LogP contribution in [0.3, 0.4) is 0 Å². The Morgan fingerprint density at radius 3 is 2.59 bits per heavy atom. The number of aromatic nitrogens is 2. The number of anilines is 1. The van der Waals surface area contributed by atoms with Gasteiger partial charge in [-0.2, -0.15) is 5.10 Å². The summed E-state index contributed by atoms with van der Waals surface area (Å²) in [6.07, 6.45) is 4.21. The number of hydrogen-bond acceptors (Lipinski definition) is 4. The van der Waals surface area contributed by atoms with Crippen molar-refractivity contribution in [1.29, 1.82) is 0 Å². The third-order valence-electron chi connectivity index (χ3n) is 4.56. The minimum absolute atomic E-state index is 0.0743. The van der Waals surface area contributed by atoms with E-state index in [9.17, 15) is 4.79 Å². The Bertz CT molecular complexity index is 1030. The molecule has 5 heteroatoms. The highest BCUT2D eigenvalue weighted by Gasteiger charge is 2.23. The maximum atomic E-state index is 12.9. The van der Waals surface area contributed by atoms with Gasteiger partial charge in [0.2, 0.25) is 0 Å². The van der Waals surface area contributed by atoms with Gasteiger partial charge in [-0.1, -0.05) is 24.3 Å². The molecule has 0 amide bonds. The molecule has 2 N–H and O–H groups in total. The molecule has 0 bridgehead atoms. The zero-order valence-electron chi connectivity index (χ0n) is 15.3. The summed E-state index contributed by atoms with van der Waals surface area (Å²) in [5.74, 6) is 1.05. The highest BCUT2D eigenvalue weighted by Crippen LogP contribution is 2.29. The maximum Gasteiger partial charge on any atom is 0.194 e. The van der Waals surface area contributed by atoms with Gasteiger partial charge in [0.05, 0.1) is 23.6 Å². The number of ketones is 1. The van der Waals surface area contributed by atoms with Crippen molar-refractivity contribution in [3.8, 4) is 11.4 Å². The van der Waals surface area contributed by atoms with Crippen LogP contribution in [0.5, 0.6) is 5.75 Å². The second-order valence-corrected chi connectivity index (χ2v) is 6.89. The molecule has 1 heterocycles. The molecule has 136 valence electrons. The van der Waals surface area contributed by atoms with Crippen molar-refractivity contribution in [2.45, 2.75) is 26.4 Å².